The number of aryl methyl sites for hydroxylation is 1. The second kappa shape index (κ2) is 5.16. The molecule has 104 valence electrons. The lowest BCUT2D eigenvalue weighted by molar-refractivity contribution is 0.0845. The molecule has 0 unspecified atom stereocenters. The fourth-order valence-electron chi connectivity index (χ4n) is 3.23. The van der Waals surface area contributed by atoms with Crippen LogP contribution in [0, 0.1) is 5.92 Å². The van der Waals surface area contributed by atoms with Gasteiger partial charge in [-0.05, 0) is 82.2 Å². The first kappa shape index (κ1) is 13.0. The highest BCUT2D eigenvalue weighted by molar-refractivity contribution is 5.40. The van der Waals surface area contributed by atoms with Gasteiger partial charge in [-0.2, -0.15) is 0 Å². The van der Waals surface area contributed by atoms with Crippen LogP contribution in [-0.2, 0) is 12.8 Å². The minimum Gasteiger partial charge on any atom is -0.488 e. The molecule has 0 aliphatic carbocycles. The molecule has 2 heterocycles. The Hall–Kier alpha value is -1.02. The first-order valence-corrected chi connectivity index (χ1v) is 7.64. The third-order valence-corrected chi connectivity index (χ3v) is 4.50. The highest BCUT2D eigenvalue weighted by Gasteiger charge is 2.26. The lowest BCUT2D eigenvalue weighted by Gasteiger charge is -2.33. The number of hydrogen-bond acceptors (Lipinski definition) is 2. The number of piperidine rings is 1. The quantitative estimate of drug-likeness (QED) is 0.879. The van der Waals surface area contributed by atoms with Crippen LogP contribution in [0.5, 0.6) is 5.75 Å². The molecule has 0 atom stereocenters. The summed E-state index contributed by atoms with van der Waals surface area (Å²) in [6.07, 6.45) is 6.09. The van der Waals surface area contributed by atoms with Gasteiger partial charge in [-0.15, -0.1) is 0 Å². The Morgan fingerprint density at radius 3 is 2.84 bits per heavy atom. The van der Waals surface area contributed by atoms with Crippen LogP contribution in [0.2, 0.25) is 0 Å². The fraction of sp³-hybridized carbons (Fsp3) is 0.647. The van der Waals surface area contributed by atoms with Crippen LogP contribution in [-0.4, -0.2) is 18.7 Å². The van der Waals surface area contributed by atoms with Crippen molar-refractivity contribution in [2.24, 2.45) is 5.92 Å². The van der Waals surface area contributed by atoms with Crippen molar-refractivity contribution < 1.29 is 4.74 Å². The molecule has 19 heavy (non-hydrogen) atoms. The molecule has 2 nitrogen and oxygen atoms in total. The van der Waals surface area contributed by atoms with Gasteiger partial charge in [0.05, 0.1) is 0 Å². The Labute approximate surface area is 116 Å². The van der Waals surface area contributed by atoms with Crippen molar-refractivity contribution in [3.63, 3.8) is 0 Å². The van der Waals surface area contributed by atoms with Crippen molar-refractivity contribution in [3.05, 3.63) is 29.3 Å². The fourth-order valence-corrected chi connectivity index (χ4v) is 3.23. The maximum Gasteiger partial charge on any atom is 0.123 e. The predicted molar refractivity (Wildman–Crippen MR) is 78.8 cm³/mol. The number of rotatable bonds is 2. The average Bonchev–Trinajstić information content (AvgIpc) is 2.38. The third-order valence-electron chi connectivity index (χ3n) is 4.50. The first-order valence-electron chi connectivity index (χ1n) is 7.64. The maximum atomic E-state index is 6.14. The molecule has 3 rings (SSSR count). The minimum absolute atomic E-state index is 0.000379. The molecule has 1 aromatic carbocycles. The summed E-state index contributed by atoms with van der Waals surface area (Å²) in [5.74, 6) is 1.97. The molecular weight excluding hydrogens is 234 g/mol. The minimum atomic E-state index is 0.000379. The van der Waals surface area contributed by atoms with Crippen LogP contribution in [0.3, 0.4) is 0 Å². The van der Waals surface area contributed by atoms with E-state index in [2.05, 4.69) is 37.4 Å². The van der Waals surface area contributed by atoms with Crippen molar-refractivity contribution in [3.8, 4) is 5.75 Å². The summed E-state index contributed by atoms with van der Waals surface area (Å²) in [7, 11) is 0. The number of fused-ring (bicyclic) bond motifs is 1. The summed E-state index contributed by atoms with van der Waals surface area (Å²) in [4.78, 5) is 0. The molecule has 1 aromatic rings. The predicted octanol–water partition coefficient (Wildman–Crippen LogP) is 3.33. The number of benzene rings is 1. The summed E-state index contributed by atoms with van der Waals surface area (Å²) in [6, 6.07) is 6.88. The van der Waals surface area contributed by atoms with E-state index in [9.17, 15) is 0 Å². The molecular formula is C17H25NO. The molecule has 0 amide bonds. The monoisotopic (exact) mass is 259 g/mol. The van der Waals surface area contributed by atoms with E-state index in [4.69, 9.17) is 4.74 Å². The molecule has 0 spiro atoms. The largest absolute Gasteiger partial charge is 0.488 e. The highest BCUT2D eigenvalue weighted by atomic mass is 16.5. The smallest absolute Gasteiger partial charge is 0.123 e. The summed E-state index contributed by atoms with van der Waals surface area (Å²) in [6.45, 7) is 6.74. The highest BCUT2D eigenvalue weighted by Crippen LogP contribution is 2.34. The molecule has 2 aliphatic heterocycles. The van der Waals surface area contributed by atoms with E-state index < -0.39 is 0 Å². The van der Waals surface area contributed by atoms with Gasteiger partial charge >= 0.3 is 0 Å². The maximum absolute atomic E-state index is 6.14. The number of ether oxygens (including phenoxy) is 1. The molecule has 0 bridgehead atoms. The second-order valence-electron chi connectivity index (χ2n) is 6.70. The van der Waals surface area contributed by atoms with Crippen molar-refractivity contribution in [2.75, 3.05) is 13.1 Å². The molecule has 0 aromatic heterocycles. The van der Waals surface area contributed by atoms with Crippen molar-refractivity contribution in [1.82, 2.24) is 5.32 Å². The van der Waals surface area contributed by atoms with Crippen molar-refractivity contribution in [2.45, 2.75) is 51.6 Å². The van der Waals surface area contributed by atoms with E-state index in [1.54, 1.807) is 0 Å². The SMILES string of the molecule is CC1(C)CCc2ccc(CC3CCNCC3)cc2O1. The lowest BCUT2D eigenvalue weighted by atomic mass is 9.89. The number of hydrogen-bond donors (Lipinski definition) is 1. The van der Waals surface area contributed by atoms with Crippen molar-refractivity contribution >= 4 is 0 Å². The van der Waals surface area contributed by atoms with Crippen LogP contribution in [0.15, 0.2) is 18.2 Å². The molecule has 2 aliphatic rings. The third kappa shape index (κ3) is 3.11. The molecule has 1 saturated heterocycles. The summed E-state index contributed by atoms with van der Waals surface area (Å²) in [5.41, 5.74) is 2.83. The Kier molecular flexibility index (Phi) is 3.53. The summed E-state index contributed by atoms with van der Waals surface area (Å²) < 4.78 is 6.14. The average molecular weight is 259 g/mol. The zero-order valence-corrected chi connectivity index (χ0v) is 12.2. The van der Waals surface area contributed by atoms with E-state index in [0.29, 0.717) is 0 Å². The van der Waals surface area contributed by atoms with E-state index >= 15 is 0 Å². The van der Waals surface area contributed by atoms with E-state index in [-0.39, 0.29) is 5.60 Å². The Balaban J connectivity index is 1.73. The summed E-state index contributed by atoms with van der Waals surface area (Å²) in [5, 5.41) is 3.44. The van der Waals surface area contributed by atoms with Crippen LogP contribution in [0.1, 0.15) is 44.2 Å². The van der Waals surface area contributed by atoms with Crippen LogP contribution in [0.4, 0.5) is 0 Å². The van der Waals surface area contributed by atoms with Gasteiger partial charge in [-0.25, -0.2) is 0 Å². The Morgan fingerprint density at radius 1 is 1.26 bits per heavy atom. The molecule has 1 fully saturated rings. The van der Waals surface area contributed by atoms with Gasteiger partial charge in [-0.1, -0.05) is 12.1 Å². The molecule has 0 saturated carbocycles. The van der Waals surface area contributed by atoms with Crippen molar-refractivity contribution in [1.29, 1.82) is 0 Å². The molecule has 2 heteroatoms. The van der Waals surface area contributed by atoms with Crippen LogP contribution < -0.4 is 10.1 Å². The standard InChI is InChI=1S/C17H25NO/c1-17(2)8-5-15-4-3-14(12-16(15)19-17)11-13-6-9-18-10-7-13/h3-4,12-13,18H,5-11H2,1-2H3. The first-order chi connectivity index (χ1) is 9.12. The Bertz CT molecular complexity index is 447. The van der Waals surface area contributed by atoms with Gasteiger partial charge in [0.15, 0.2) is 0 Å². The van der Waals surface area contributed by atoms with Gasteiger partial charge in [0.25, 0.3) is 0 Å². The van der Waals surface area contributed by atoms with Gasteiger partial charge in [-0.3, -0.25) is 0 Å². The Morgan fingerprint density at radius 2 is 2.05 bits per heavy atom. The zero-order valence-electron chi connectivity index (χ0n) is 12.2. The summed E-state index contributed by atoms with van der Waals surface area (Å²) >= 11 is 0. The van der Waals surface area contributed by atoms with Crippen LogP contribution in [0.25, 0.3) is 0 Å². The topological polar surface area (TPSA) is 21.3 Å². The van der Waals surface area contributed by atoms with E-state index in [0.717, 1.165) is 24.5 Å². The second-order valence-corrected chi connectivity index (χ2v) is 6.70. The van der Waals surface area contributed by atoms with Gasteiger partial charge in [0.2, 0.25) is 0 Å². The molecule has 0 radical (unpaired) electrons. The van der Waals surface area contributed by atoms with Gasteiger partial charge < -0.3 is 10.1 Å². The molecule has 1 N–H and O–H groups in total. The zero-order chi connectivity index (χ0) is 13.3. The van der Waals surface area contributed by atoms with Gasteiger partial charge in [0, 0.05) is 0 Å². The van der Waals surface area contributed by atoms with E-state index in [1.807, 2.05) is 0 Å². The lowest BCUT2D eigenvalue weighted by Crippen LogP contribution is -2.32. The van der Waals surface area contributed by atoms with Crippen LogP contribution >= 0.6 is 0 Å². The van der Waals surface area contributed by atoms with E-state index in [1.165, 1.54) is 43.5 Å². The number of nitrogens with one attached hydrogen (secondary N) is 1. The normalized spacial score (nSPS) is 22.6. The van der Waals surface area contributed by atoms with Gasteiger partial charge in [0.1, 0.15) is 11.4 Å².